The summed E-state index contributed by atoms with van der Waals surface area (Å²) in [6.07, 6.45) is 4.89. The van der Waals surface area contributed by atoms with Gasteiger partial charge < -0.3 is 10.2 Å². The second-order valence-corrected chi connectivity index (χ2v) is 6.43. The van der Waals surface area contributed by atoms with E-state index < -0.39 is 0 Å². The van der Waals surface area contributed by atoms with Crippen molar-refractivity contribution in [1.29, 1.82) is 0 Å². The molecule has 0 saturated carbocycles. The minimum atomic E-state index is -0.0970. The van der Waals surface area contributed by atoms with Crippen molar-refractivity contribution in [2.75, 3.05) is 19.6 Å². The second-order valence-electron chi connectivity index (χ2n) is 5.62. The van der Waals surface area contributed by atoms with Crippen LogP contribution in [-0.4, -0.2) is 36.5 Å². The van der Waals surface area contributed by atoms with Gasteiger partial charge in [0.1, 0.15) is 0 Å². The number of benzene rings is 1. The molecule has 1 aliphatic heterocycles. The van der Waals surface area contributed by atoms with Gasteiger partial charge in [0.15, 0.2) is 0 Å². The minimum absolute atomic E-state index is 0.0970. The molecule has 21 heavy (non-hydrogen) atoms. The van der Waals surface area contributed by atoms with Gasteiger partial charge >= 0.3 is 0 Å². The fraction of sp³-hybridized carbons (Fsp3) is 0.562. The predicted molar refractivity (Wildman–Crippen MR) is 88.3 cm³/mol. The molecule has 1 aliphatic rings. The van der Waals surface area contributed by atoms with Gasteiger partial charge in [-0.1, -0.05) is 29.6 Å². The first-order chi connectivity index (χ1) is 10.1. The Bertz CT molecular complexity index is 493. The second kappa shape index (κ2) is 8.02. The van der Waals surface area contributed by atoms with Gasteiger partial charge in [-0.3, -0.25) is 4.79 Å². The topological polar surface area (TPSA) is 32.3 Å². The lowest BCUT2D eigenvalue weighted by molar-refractivity contribution is 0.0949. The van der Waals surface area contributed by atoms with E-state index in [9.17, 15) is 4.79 Å². The van der Waals surface area contributed by atoms with E-state index in [1.807, 2.05) is 0 Å². The third kappa shape index (κ3) is 4.87. The van der Waals surface area contributed by atoms with Crippen molar-refractivity contribution in [2.45, 2.75) is 38.6 Å². The third-order valence-corrected chi connectivity index (χ3v) is 4.77. The molecule has 1 saturated heterocycles. The molecule has 1 amide bonds. The Morgan fingerprint density at radius 3 is 2.86 bits per heavy atom. The lowest BCUT2D eigenvalue weighted by Crippen LogP contribution is -2.39. The Kier molecular flexibility index (Phi) is 6.34. The fourth-order valence-electron chi connectivity index (χ4n) is 2.71. The monoisotopic (exact) mass is 328 g/mol. The highest BCUT2D eigenvalue weighted by molar-refractivity contribution is 6.42. The molecule has 0 radical (unpaired) electrons. The molecule has 1 atom stereocenters. The summed E-state index contributed by atoms with van der Waals surface area (Å²) in [5.74, 6) is -0.0970. The van der Waals surface area contributed by atoms with Crippen LogP contribution in [0.25, 0.3) is 0 Å². The molecular weight excluding hydrogens is 307 g/mol. The molecule has 3 nitrogen and oxygen atoms in total. The van der Waals surface area contributed by atoms with Crippen LogP contribution in [0.3, 0.4) is 0 Å². The summed E-state index contributed by atoms with van der Waals surface area (Å²) in [4.78, 5) is 14.5. The maximum Gasteiger partial charge on any atom is 0.251 e. The molecule has 116 valence electrons. The standard InChI is InChI=1S/C16H22Cl2N2O/c1-12-5-2-3-9-20(12)10-4-8-19-16(21)13-6-7-14(17)15(18)11-13/h6-7,11-12H,2-5,8-10H2,1H3,(H,19,21)/t12-/m1/s1. The first kappa shape index (κ1) is 16.6. The van der Waals surface area contributed by atoms with Crippen LogP contribution < -0.4 is 5.32 Å². The van der Waals surface area contributed by atoms with Crippen LogP contribution in [0.1, 0.15) is 43.0 Å². The molecular formula is C16H22Cl2N2O. The Morgan fingerprint density at radius 1 is 1.33 bits per heavy atom. The van der Waals surface area contributed by atoms with Crippen LogP contribution in [-0.2, 0) is 0 Å². The average molecular weight is 329 g/mol. The van der Waals surface area contributed by atoms with Gasteiger partial charge in [0.2, 0.25) is 0 Å². The van der Waals surface area contributed by atoms with Gasteiger partial charge in [0.25, 0.3) is 5.91 Å². The smallest absolute Gasteiger partial charge is 0.251 e. The molecule has 1 heterocycles. The molecule has 0 aromatic heterocycles. The Morgan fingerprint density at radius 2 is 2.14 bits per heavy atom. The first-order valence-corrected chi connectivity index (χ1v) is 8.31. The Labute approximate surface area is 136 Å². The number of likely N-dealkylation sites (tertiary alicyclic amines) is 1. The van der Waals surface area contributed by atoms with Gasteiger partial charge in [0, 0.05) is 24.7 Å². The van der Waals surface area contributed by atoms with E-state index >= 15 is 0 Å². The van der Waals surface area contributed by atoms with E-state index in [0.717, 1.165) is 13.0 Å². The Hall–Kier alpha value is -0.770. The molecule has 2 rings (SSSR count). The summed E-state index contributed by atoms with van der Waals surface area (Å²) < 4.78 is 0. The van der Waals surface area contributed by atoms with E-state index in [0.29, 0.717) is 28.2 Å². The number of halogens is 2. The van der Waals surface area contributed by atoms with Crippen molar-refractivity contribution >= 4 is 29.1 Å². The number of hydrogen-bond acceptors (Lipinski definition) is 2. The zero-order valence-electron chi connectivity index (χ0n) is 12.4. The largest absolute Gasteiger partial charge is 0.352 e. The summed E-state index contributed by atoms with van der Waals surface area (Å²) >= 11 is 11.8. The SMILES string of the molecule is C[C@@H]1CCCCN1CCCNC(=O)c1ccc(Cl)c(Cl)c1. The number of amides is 1. The van der Waals surface area contributed by atoms with Crippen molar-refractivity contribution < 1.29 is 4.79 Å². The average Bonchev–Trinajstić information content (AvgIpc) is 2.48. The molecule has 1 aromatic carbocycles. The van der Waals surface area contributed by atoms with Crippen molar-refractivity contribution in [3.05, 3.63) is 33.8 Å². The van der Waals surface area contributed by atoms with E-state index in [2.05, 4.69) is 17.1 Å². The lowest BCUT2D eigenvalue weighted by Gasteiger charge is -2.33. The maximum atomic E-state index is 12.0. The maximum absolute atomic E-state index is 12.0. The van der Waals surface area contributed by atoms with Crippen molar-refractivity contribution in [2.24, 2.45) is 0 Å². The number of hydrogen-bond donors (Lipinski definition) is 1. The zero-order chi connectivity index (χ0) is 15.2. The molecule has 1 aromatic rings. The van der Waals surface area contributed by atoms with Gasteiger partial charge in [0.05, 0.1) is 10.0 Å². The molecule has 0 bridgehead atoms. The van der Waals surface area contributed by atoms with E-state index in [1.54, 1.807) is 18.2 Å². The van der Waals surface area contributed by atoms with Gasteiger partial charge in [-0.15, -0.1) is 0 Å². The first-order valence-electron chi connectivity index (χ1n) is 7.55. The summed E-state index contributed by atoms with van der Waals surface area (Å²) in [5, 5.41) is 3.81. The molecule has 1 fully saturated rings. The summed E-state index contributed by atoms with van der Waals surface area (Å²) in [5.41, 5.74) is 0.552. The van der Waals surface area contributed by atoms with Crippen LogP contribution in [0.2, 0.25) is 10.0 Å². The van der Waals surface area contributed by atoms with Gasteiger partial charge in [-0.25, -0.2) is 0 Å². The number of carbonyl (C=O) groups is 1. The van der Waals surface area contributed by atoms with E-state index in [4.69, 9.17) is 23.2 Å². The van der Waals surface area contributed by atoms with Crippen LogP contribution in [0.15, 0.2) is 18.2 Å². The fourth-order valence-corrected chi connectivity index (χ4v) is 3.01. The number of nitrogens with zero attached hydrogens (tertiary/aromatic N) is 1. The highest BCUT2D eigenvalue weighted by Crippen LogP contribution is 2.22. The molecule has 0 aliphatic carbocycles. The van der Waals surface area contributed by atoms with Crippen molar-refractivity contribution in [3.63, 3.8) is 0 Å². The zero-order valence-corrected chi connectivity index (χ0v) is 13.9. The number of carbonyl (C=O) groups excluding carboxylic acids is 1. The van der Waals surface area contributed by atoms with E-state index in [-0.39, 0.29) is 5.91 Å². The quantitative estimate of drug-likeness (QED) is 0.829. The summed E-state index contributed by atoms with van der Waals surface area (Å²) in [6, 6.07) is 5.61. The number of nitrogens with one attached hydrogen (secondary N) is 1. The highest BCUT2D eigenvalue weighted by atomic mass is 35.5. The van der Waals surface area contributed by atoms with Crippen LogP contribution in [0.4, 0.5) is 0 Å². The normalized spacial score (nSPS) is 19.5. The molecule has 1 N–H and O–H groups in total. The van der Waals surface area contributed by atoms with Gasteiger partial charge in [-0.2, -0.15) is 0 Å². The van der Waals surface area contributed by atoms with Crippen LogP contribution in [0.5, 0.6) is 0 Å². The highest BCUT2D eigenvalue weighted by Gasteiger charge is 2.17. The van der Waals surface area contributed by atoms with Gasteiger partial charge in [-0.05, 0) is 50.9 Å². The lowest BCUT2D eigenvalue weighted by atomic mass is 10.0. The molecule has 5 heteroatoms. The number of piperidine rings is 1. The predicted octanol–water partition coefficient (Wildman–Crippen LogP) is 3.99. The molecule has 0 unspecified atom stereocenters. The third-order valence-electron chi connectivity index (χ3n) is 4.03. The van der Waals surface area contributed by atoms with Crippen LogP contribution in [0, 0.1) is 0 Å². The number of rotatable bonds is 5. The molecule has 0 spiro atoms. The Balaban J connectivity index is 1.72. The van der Waals surface area contributed by atoms with E-state index in [1.165, 1.54) is 25.8 Å². The van der Waals surface area contributed by atoms with Crippen molar-refractivity contribution in [1.82, 2.24) is 10.2 Å². The van der Waals surface area contributed by atoms with Crippen molar-refractivity contribution in [3.8, 4) is 0 Å². The summed E-state index contributed by atoms with van der Waals surface area (Å²) in [7, 11) is 0. The minimum Gasteiger partial charge on any atom is -0.352 e. The summed E-state index contributed by atoms with van der Waals surface area (Å²) in [6.45, 7) is 5.19. The van der Waals surface area contributed by atoms with Crippen LogP contribution >= 0.6 is 23.2 Å².